The number of benzene rings is 1. The predicted octanol–water partition coefficient (Wildman–Crippen LogP) is 3.30. The molecule has 2 heterocycles. The van der Waals surface area contributed by atoms with Gasteiger partial charge in [0.25, 0.3) is 0 Å². The van der Waals surface area contributed by atoms with E-state index in [1.807, 2.05) is 36.0 Å². The first-order chi connectivity index (χ1) is 8.72. The van der Waals surface area contributed by atoms with Crippen LogP contribution in [-0.4, -0.2) is 14.5 Å². The van der Waals surface area contributed by atoms with Crippen LogP contribution in [0.2, 0.25) is 5.02 Å². The number of aromatic nitrogens is 3. The van der Waals surface area contributed by atoms with E-state index in [2.05, 4.69) is 15.3 Å². The minimum Gasteiger partial charge on any atom is -0.354 e. The summed E-state index contributed by atoms with van der Waals surface area (Å²) in [5.74, 6) is 0.979. The first-order valence-electron chi connectivity index (χ1n) is 5.48. The van der Waals surface area contributed by atoms with Gasteiger partial charge < -0.3 is 9.88 Å². The second kappa shape index (κ2) is 4.59. The molecule has 0 amide bonds. The molecule has 0 radical (unpaired) electrons. The summed E-state index contributed by atoms with van der Waals surface area (Å²) in [4.78, 5) is 8.75. The summed E-state index contributed by atoms with van der Waals surface area (Å²) in [5, 5.41) is 4.90. The van der Waals surface area contributed by atoms with Gasteiger partial charge in [0.1, 0.15) is 5.82 Å². The average Bonchev–Trinajstić information content (AvgIpc) is 2.92. The molecule has 0 unspecified atom stereocenters. The molecule has 0 saturated heterocycles. The zero-order valence-corrected chi connectivity index (χ0v) is 11.3. The number of nitrogens with zero attached hydrogens (tertiary/aromatic N) is 3. The number of imidazole rings is 1. The first kappa shape index (κ1) is 11.5. The number of aryl methyl sites for hydroxylation is 1. The second-order valence-electron chi connectivity index (χ2n) is 3.94. The highest BCUT2D eigenvalue weighted by Gasteiger charge is 2.05. The molecule has 0 saturated carbocycles. The molecule has 0 spiro atoms. The lowest BCUT2D eigenvalue weighted by molar-refractivity contribution is 0.812. The van der Waals surface area contributed by atoms with Crippen LogP contribution in [0.5, 0.6) is 0 Å². The summed E-state index contributed by atoms with van der Waals surface area (Å²) < 4.78 is 3.07. The summed E-state index contributed by atoms with van der Waals surface area (Å²) in [6.07, 6.45) is 3.71. The lowest BCUT2D eigenvalue weighted by Crippen LogP contribution is -2.05. The molecule has 3 rings (SSSR count). The monoisotopic (exact) mass is 278 g/mol. The van der Waals surface area contributed by atoms with Crippen LogP contribution in [0.1, 0.15) is 5.82 Å². The zero-order chi connectivity index (χ0) is 12.5. The maximum Gasteiger partial charge on any atom is 0.184 e. The molecular formula is C12H11ClN4S. The number of rotatable bonds is 3. The zero-order valence-electron chi connectivity index (χ0n) is 9.72. The van der Waals surface area contributed by atoms with Crippen molar-refractivity contribution in [3.8, 4) is 0 Å². The molecule has 1 N–H and O–H groups in total. The fraction of sp³-hybridized carbons (Fsp3) is 0.167. The van der Waals surface area contributed by atoms with Crippen LogP contribution in [-0.2, 0) is 13.6 Å². The number of anilines is 1. The Morgan fingerprint density at radius 1 is 1.44 bits per heavy atom. The Morgan fingerprint density at radius 3 is 3.11 bits per heavy atom. The van der Waals surface area contributed by atoms with Crippen LogP contribution in [0.25, 0.3) is 10.2 Å². The number of hydrogen-bond donors (Lipinski definition) is 1. The fourth-order valence-corrected chi connectivity index (χ4v) is 2.83. The van der Waals surface area contributed by atoms with Gasteiger partial charge in [-0.1, -0.05) is 22.9 Å². The van der Waals surface area contributed by atoms with Gasteiger partial charge in [-0.3, -0.25) is 0 Å². The molecular weight excluding hydrogens is 268 g/mol. The van der Waals surface area contributed by atoms with E-state index in [0.29, 0.717) is 6.54 Å². The third kappa shape index (κ3) is 2.19. The summed E-state index contributed by atoms with van der Waals surface area (Å²) in [6.45, 7) is 0.664. The van der Waals surface area contributed by atoms with Crippen LogP contribution in [0.4, 0.5) is 5.13 Å². The van der Waals surface area contributed by atoms with E-state index in [1.165, 1.54) is 0 Å². The molecule has 92 valence electrons. The van der Waals surface area contributed by atoms with Crippen molar-refractivity contribution in [3.05, 3.63) is 41.4 Å². The number of thiazole rings is 1. The maximum absolute atomic E-state index is 5.95. The Balaban J connectivity index is 1.81. The quantitative estimate of drug-likeness (QED) is 0.799. The Labute approximate surface area is 113 Å². The summed E-state index contributed by atoms with van der Waals surface area (Å²) >= 11 is 7.55. The van der Waals surface area contributed by atoms with E-state index in [1.54, 1.807) is 17.5 Å². The third-order valence-electron chi connectivity index (χ3n) is 2.67. The fourth-order valence-electron chi connectivity index (χ4n) is 1.70. The van der Waals surface area contributed by atoms with Crippen molar-refractivity contribution in [2.75, 3.05) is 5.32 Å². The average molecular weight is 279 g/mol. The lowest BCUT2D eigenvalue weighted by atomic mass is 10.3. The van der Waals surface area contributed by atoms with Gasteiger partial charge in [-0.25, -0.2) is 9.97 Å². The van der Waals surface area contributed by atoms with Crippen molar-refractivity contribution < 1.29 is 0 Å². The summed E-state index contributed by atoms with van der Waals surface area (Å²) in [7, 11) is 1.97. The molecule has 6 heteroatoms. The van der Waals surface area contributed by atoms with Crippen LogP contribution >= 0.6 is 22.9 Å². The van der Waals surface area contributed by atoms with Crippen molar-refractivity contribution in [1.82, 2.24) is 14.5 Å². The normalized spacial score (nSPS) is 11.0. The van der Waals surface area contributed by atoms with Crippen LogP contribution in [0, 0.1) is 0 Å². The molecule has 1 aromatic carbocycles. The van der Waals surface area contributed by atoms with Gasteiger partial charge in [-0.2, -0.15) is 0 Å². The molecule has 0 fully saturated rings. The standard InChI is InChI=1S/C12H11ClN4S/c1-17-5-4-14-11(17)7-15-12-16-9-3-2-8(13)6-10(9)18-12/h2-6H,7H2,1H3,(H,15,16). The number of hydrogen-bond acceptors (Lipinski definition) is 4. The van der Waals surface area contributed by atoms with Gasteiger partial charge in [0.15, 0.2) is 5.13 Å². The molecule has 0 aliphatic rings. The van der Waals surface area contributed by atoms with Gasteiger partial charge in [0.2, 0.25) is 0 Å². The van der Waals surface area contributed by atoms with E-state index in [0.717, 1.165) is 26.2 Å². The Bertz CT molecular complexity index is 688. The van der Waals surface area contributed by atoms with Crippen LogP contribution in [0.15, 0.2) is 30.6 Å². The van der Waals surface area contributed by atoms with E-state index >= 15 is 0 Å². The van der Waals surface area contributed by atoms with E-state index in [-0.39, 0.29) is 0 Å². The molecule has 18 heavy (non-hydrogen) atoms. The van der Waals surface area contributed by atoms with E-state index < -0.39 is 0 Å². The largest absolute Gasteiger partial charge is 0.354 e. The number of halogens is 1. The van der Waals surface area contributed by atoms with E-state index in [9.17, 15) is 0 Å². The summed E-state index contributed by atoms with van der Waals surface area (Å²) in [5.41, 5.74) is 0.965. The highest BCUT2D eigenvalue weighted by molar-refractivity contribution is 7.22. The van der Waals surface area contributed by atoms with Gasteiger partial charge in [-0.05, 0) is 18.2 Å². The van der Waals surface area contributed by atoms with Crippen molar-refractivity contribution in [2.45, 2.75) is 6.54 Å². The first-order valence-corrected chi connectivity index (χ1v) is 6.68. The number of nitrogens with one attached hydrogen (secondary N) is 1. The SMILES string of the molecule is Cn1ccnc1CNc1nc2ccc(Cl)cc2s1. The van der Waals surface area contributed by atoms with Gasteiger partial charge >= 0.3 is 0 Å². The van der Waals surface area contributed by atoms with Crippen molar-refractivity contribution in [3.63, 3.8) is 0 Å². The molecule has 0 bridgehead atoms. The smallest absolute Gasteiger partial charge is 0.184 e. The minimum absolute atomic E-state index is 0.664. The highest BCUT2D eigenvalue weighted by Crippen LogP contribution is 2.28. The predicted molar refractivity (Wildman–Crippen MR) is 75.2 cm³/mol. The molecule has 0 atom stereocenters. The second-order valence-corrected chi connectivity index (χ2v) is 5.41. The van der Waals surface area contributed by atoms with Crippen molar-refractivity contribution in [2.24, 2.45) is 7.05 Å². The molecule has 0 aliphatic heterocycles. The minimum atomic E-state index is 0.664. The molecule has 4 nitrogen and oxygen atoms in total. The van der Waals surface area contributed by atoms with Crippen molar-refractivity contribution >= 4 is 38.3 Å². The Morgan fingerprint density at radius 2 is 2.33 bits per heavy atom. The number of fused-ring (bicyclic) bond motifs is 1. The molecule has 0 aliphatic carbocycles. The van der Waals surface area contributed by atoms with Gasteiger partial charge in [0.05, 0.1) is 16.8 Å². The highest BCUT2D eigenvalue weighted by atomic mass is 35.5. The van der Waals surface area contributed by atoms with E-state index in [4.69, 9.17) is 11.6 Å². The molecule has 2 aromatic heterocycles. The van der Waals surface area contributed by atoms with Gasteiger partial charge in [-0.15, -0.1) is 0 Å². The topological polar surface area (TPSA) is 42.7 Å². The Kier molecular flexibility index (Phi) is 2.93. The summed E-state index contributed by atoms with van der Waals surface area (Å²) in [6, 6.07) is 5.72. The maximum atomic E-state index is 5.95. The van der Waals surface area contributed by atoms with Crippen LogP contribution in [0.3, 0.4) is 0 Å². The van der Waals surface area contributed by atoms with Gasteiger partial charge in [0, 0.05) is 24.5 Å². The van der Waals surface area contributed by atoms with Crippen LogP contribution < -0.4 is 5.32 Å². The Hall–Kier alpha value is -1.59. The third-order valence-corrected chi connectivity index (χ3v) is 3.88. The lowest BCUT2D eigenvalue weighted by Gasteiger charge is -2.01. The molecule has 3 aromatic rings. The van der Waals surface area contributed by atoms with Crippen molar-refractivity contribution in [1.29, 1.82) is 0 Å².